The van der Waals surface area contributed by atoms with Gasteiger partial charge in [0.15, 0.2) is 5.78 Å². The Morgan fingerprint density at radius 2 is 1.55 bits per heavy atom. The molecule has 0 saturated heterocycles. The third-order valence-corrected chi connectivity index (χ3v) is 5.61. The molecule has 1 unspecified atom stereocenters. The Labute approximate surface area is 191 Å². The smallest absolute Gasteiger partial charge is 0.337 e. The fourth-order valence-electron chi connectivity index (χ4n) is 3.78. The number of amides is 1. The van der Waals surface area contributed by atoms with Crippen LogP contribution in [0, 0.1) is 6.92 Å². The molecule has 1 amide bonds. The normalized spacial score (nSPS) is 13.5. The van der Waals surface area contributed by atoms with Crippen molar-refractivity contribution in [1.29, 1.82) is 0 Å². The standard InChI is InChI=1S/C26H23NO6/c1-15-22(12-11-20-21(28)13-14-32-23(15)20)33-24(16-3-7-18(8-4-16)25(27)29)17-5-9-19(10-6-17)26(30)31-2/h3-12,24H,13-14H2,1-2H3,(H2,27,29). The highest BCUT2D eigenvalue weighted by Crippen LogP contribution is 2.38. The monoisotopic (exact) mass is 445 g/mol. The van der Waals surface area contributed by atoms with Gasteiger partial charge in [0.25, 0.3) is 0 Å². The number of benzene rings is 3. The molecule has 1 atom stereocenters. The summed E-state index contributed by atoms with van der Waals surface area (Å²) in [6.07, 6.45) is -0.205. The summed E-state index contributed by atoms with van der Waals surface area (Å²) in [5, 5.41) is 0. The third-order valence-electron chi connectivity index (χ3n) is 5.61. The molecule has 4 rings (SSSR count). The van der Waals surface area contributed by atoms with Crippen molar-refractivity contribution in [3.05, 3.63) is 94.0 Å². The van der Waals surface area contributed by atoms with Gasteiger partial charge in [-0.1, -0.05) is 24.3 Å². The minimum Gasteiger partial charge on any atom is -0.492 e. The Hall–Kier alpha value is -4.13. The summed E-state index contributed by atoms with van der Waals surface area (Å²) >= 11 is 0. The quantitative estimate of drug-likeness (QED) is 0.575. The van der Waals surface area contributed by atoms with E-state index in [2.05, 4.69) is 0 Å². The van der Waals surface area contributed by atoms with E-state index >= 15 is 0 Å². The minimum atomic E-state index is -0.560. The van der Waals surface area contributed by atoms with Crippen LogP contribution >= 0.6 is 0 Å². The van der Waals surface area contributed by atoms with Gasteiger partial charge in [-0.05, 0) is 54.4 Å². The van der Waals surface area contributed by atoms with E-state index in [1.807, 2.05) is 6.92 Å². The van der Waals surface area contributed by atoms with E-state index in [1.165, 1.54) is 7.11 Å². The molecule has 0 aliphatic carbocycles. The van der Waals surface area contributed by atoms with Crippen LogP contribution in [0.2, 0.25) is 0 Å². The molecule has 0 saturated carbocycles. The van der Waals surface area contributed by atoms with Crippen molar-refractivity contribution in [2.45, 2.75) is 19.4 Å². The van der Waals surface area contributed by atoms with Crippen LogP contribution in [0.5, 0.6) is 11.5 Å². The molecule has 0 spiro atoms. The molecule has 1 heterocycles. The molecule has 33 heavy (non-hydrogen) atoms. The highest BCUT2D eigenvalue weighted by Gasteiger charge is 2.25. The highest BCUT2D eigenvalue weighted by atomic mass is 16.5. The Morgan fingerprint density at radius 3 is 2.12 bits per heavy atom. The maximum absolute atomic E-state index is 12.2. The number of carbonyl (C=O) groups is 3. The molecular formula is C26H23NO6. The molecule has 0 aromatic heterocycles. The first kappa shape index (κ1) is 22.1. The van der Waals surface area contributed by atoms with Crippen LogP contribution in [0.3, 0.4) is 0 Å². The molecule has 1 aliphatic heterocycles. The summed E-state index contributed by atoms with van der Waals surface area (Å²) in [7, 11) is 1.33. The van der Waals surface area contributed by atoms with E-state index in [-0.39, 0.29) is 5.78 Å². The molecule has 1 aliphatic rings. The molecule has 0 fully saturated rings. The zero-order valence-electron chi connectivity index (χ0n) is 18.3. The van der Waals surface area contributed by atoms with Gasteiger partial charge in [0.1, 0.15) is 17.6 Å². The van der Waals surface area contributed by atoms with Crippen LogP contribution in [-0.4, -0.2) is 31.4 Å². The maximum Gasteiger partial charge on any atom is 0.337 e. The lowest BCUT2D eigenvalue weighted by molar-refractivity contribution is 0.0600. The molecule has 168 valence electrons. The lowest BCUT2D eigenvalue weighted by Gasteiger charge is -2.24. The van der Waals surface area contributed by atoms with Crippen molar-refractivity contribution in [2.75, 3.05) is 13.7 Å². The molecule has 7 nitrogen and oxygen atoms in total. The lowest BCUT2D eigenvalue weighted by Crippen LogP contribution is -2.17. The van der Waals surface area contributed by atoms with Crippen LogP contribution in [0.4, 0.5) is 0 Å². The first-order valence-corrected chi connectivity index (χ1v) is 10.4. The topological polar surface area (TPSA) is 105 Å². The number of methoxy groups -OCH3 is 1. The Morgan fingerprint density at radius 1 is 0.939 bits per heavy atom. The summed E-state index contributed by atoms with van der Waals surface area (Å²) < 4.78 is 16.9. The Balaban J connectivity index is 1.74. The molecule has 2 N–H and O–H groups in total. The number of carbonyl (C=O) groups excluding carboxylic acids is 3. The van der Waals surface area contributed by atoms with Crippen LogP contribution in [0.25, 0.3) is 0 Å². The molecule has 3 aromatic carbocycles. The molecule has 7 heteroatoms. The van der Waals surface area contributed by atoms with Gasteiger partial charge in [0.2, 0.25) is 5.91 Å². The number of Topliss-reactive ketones (excluding diaryl/α,β-unsaturated/α-hetero) is 1. The lowest BCUT2D eigenvalue weighted by atomic mass is 9.98. The van der Waals surface area contributed by atoms with Gasteiger partial charge in [0, 0.05) is 17.5 Å². The number of fused-ring (bicyclic) bond motifs is 1. The minimum absolute atomic E-state index is 0.0443. The van der Waals surface area contributed by atoms with Crippen LogP contribution in [-0.2, 0) is 4.74 Å². The van der Waals surface area contributed by atoms with Gasteiger partial charge in [0.05, 0.1) is 24.8 Å². The molecule has 0 bridgehead atoms. The fourth-order valence-corrected chi connectivity index (χ4v) is 3.78. The van der Waals surface area contributed by atoms with E-state index in [9.17, 15) is 14.4 Å². The Kier molecular flexibility index (Phi) is 6.13. The molecule has 3 aromatic rings. The highest BCUT2D eigenvalue weighted by molar-refractivity contribution is 6.00. The van der Waals surface area contributed by atoms with Gasteiger partial charge in [-0.3, -0.25) is 9.59 Å². The van der Waals surface area contributed by atoms with Crippen molar-refractivity contribution < 1.29 is 28.6 Å². The first-order valence-electron chi connectivity index (χ1n) is 10.4. The van der Waals surface area contributed by atoms with Crippen LogP contribution < -0.4 is 15.2 Å². The van der Waals surface area contributed by atoms with E-state index in [0.29, 0.717) is 41.2 Å². The number of ketones is 1. The predicted molar refractivity (Wildman–Crippen MR) is 121 cm³/mol. The number of esters is 1. The second kappa shape index (κ2) is 9.16. The SMILES string of the molecule is COC(=O)c1ccc(C(Oc2ccc3c(c2C)OCCC3=O)c2ccc(C(N)=O)cc2)cc1. The van der Waals surface area contributed by atoms with Crippen molar-refractivity contribution in [3.63, 3.8) is 0 Å². The summed E-state index contributed by atoms with van der Waals surface area (Å²) in [6.45, 7) is 2.18. The van der Waals surface area contributed by atoms with Crippen molar-refractivity contribution in [3.8, 4) is 11.5 Å². The average molecular weight is 445 g/mol. The second-order valence-corrected chi connectivity index (χ2v) is 7.68. The number of ether oxygens (including phenoxy) is 3. The van der Waals surface area contributed by atoms with Gasteiger partial charge in [-0.2, -0.15) is 0 Å². The number of hydrogen-bond acceptors (Lipinski definition) is 6. The maximum atomic E-state index is 12.2. The number of hydrogen-bond donors (Lipinski definition) is 1. The zero-order valence-corrected chi connectivity index (χ0v) is 18.3. The third kappa shape index (κ3) is 4.43. The first-order chi connectivity index (χ1) is 15.9. The fraction of sp³-hybridized carbons (Fsp3) is 0.192. The van der Waals surface area contributed by atoms with Gasteiger partial charge >= 0.3 is 5.97 Å². The summed E-state index contributed by atoms with van der Waals surface area (Å²) in [5.41, 5.74) is 9.01. The zero-order chi connectivity index (χ0) is 23.5. The van der Waals surface area contributed by atoms with Crippen molar-refractivity contribution in [1.82, 2.24) is 0 Å². The van der Waals surface area contributed by atoms with Gasteiger partial charge in [-0.25, -0.2) is 4.79 Å². The van der Waals surface area contributed by atoms with Crippen molar-refractivity contribution in [2.24, 2.45) is 5.73 Å². The summed E-state index contributed by atoms with van der Waals surface area (Å²) in [5.74, 6) is 0.186. The Bertz CT molecular complexity index is 1210. The summed E-state index contributed by atoms with van der Waals surface area (Å²) in [6, 6.07) is 17.2. The number of rotatable bonds is 6. The van der Waals surface area contributed by atoms with E-state index in [1.54, 1.807) is 60.7 Å². The van der Waals surface area contributed by atoms with Crippen LogP contribution in [0.15, 0.2) is 60.7 Å². The van der Waals surface area contributed by atoms with Crippen LogP contribution in [0.1, 0.15) is 60.3 Å². The van der Waals surface area contributed by atoms with Gasteiger partial charge < -0.3 is 19.9 Å². The number of nitrogens with two attached hydrogens (primary N) is 1. The van der Waals surface area contributed by atoms with Gasteiger partial charge in [-0.15, -0.1) is 0 Å². The summed E-state index contributed by atoms with van der Waals surface area (Å²) in [4.78, 5) is 35.5. The van der Waals surface area contributed by atoms with E-state index in [0.717, 1.165) is 16.7 Å². The van der Waals surface area contributed by atoms with Crippen molar-refractivity contribution >= 4 is 17.7 Å². The van der Waals surface area contributed by atoms with E-state index in [4.69, 9.17) is 19.9 Å². The largest absolute Gasteiger partial charge is 0.492 e. The average Bonchev–Trinajstić information content (AvgIpc) is 2.84. The molecular weight excluding hydrogens is 422 g/mol. The second-order valence-electron chi connectivity index (χ2n) is 7.68. The van der Waals surface area contributed by atoms with E-state index < -0.39 is 18.0 Å². The number of primary amides is 1. The predicted octanol–water partition coefficient (Wildman–Crippen LogP) is 4.01. The molecule has 0 radical (unpaired) electrons.